The molecule has 88 valence electrons. The van der Waals surface area contributed by atoms with Gasteiger partial charge in [0.1, 0.15) is 0 Å². The molecule has 1 heterocycles. The Balaban J connectivity index is 2.29. The van der Waals surface area contributed by atoms with Crippen LogP contribution in [0.15, 0.2) is 37.2 Å². The lowest BCUT2D eigenvalue weighted by atomic mass is 10.2. The molecule has 0 unspecified atom stereocenters. The quantitative estimate of drug-likeness (QED) is 0.532. The molecular weight excluding hydrogens is 198 g/mol. The molecule has 1 aromatic heterocycles. The molecule has 1 rings (SSSR count). The topological polar surface area (TPSA) is 28.2 Å². The molecule has 0 aromatic carbocycles. The van der Waals surface area contributed by atoms with Gasteiger partial charge in [-0.05, 0) is 24.2 Å². The molecule has 1 aromatic rings. The number of nitrogens with one attached hydrogen (secondary N) is 1. The fraction of sp³-hybridized carbons (Fsp3) is 0.462. The Morgan fingerprint density at radius 3 is 2.81 bits per heavy atom. The van der Waals surface area contributed by atoms with Crippen LogP contribution in [0.2, 0.25) is 0 Å². The van der Waals surface area contributed by atoms with E-state index in [1.165, 1.54) is 5.56 Å². The third-order valence-electron chi connectivity index (χ3n) is 2.50. The van der Waals surface area contributed by atoms with E-state index in [1.807, 2.05) is 18.5 Å². The number of pyridine rings is 1. The highest BCUT2D eigenvalue weighted by atomic mass is 15.1. The number of aromatic nitrogens is 1. The zero-order valence-electron chi connectivity index (χ0n) is 10.0. The van der Waals surface area contributed by atoms with E-state index in [0.29, 0.717) is 0 Å². The molecule has 3 nitrogen and oxygen atoms in total. The minimum Gasteiger partial charge on any atom is -0.312 e. The van der Waals surface area contributed by atoms with E-state index >= 15 is 0 Å². The van der Waals surface area contributed by atoms with Crippen LogP contribution in [0.3, 0.4) is 0 Å². The van der Waals surface area contributed by atoms with E-state index in [0.717, 1.165) is 32.7 Å². The zero-order valence-corrected chi connectivity index (χ0v) is 10.0. The van der Waals surface area contributed by atoms with Crippen molar-refractivity contribution in [2.24, 2.45) is 0 Å². The molecule has 0 saturated heterocycles. The van der Waals surface area contributed by atoms with Crippen LogP contribution in [-0.2, 0) is 6.54 Å². The third kappa shape index (κ3) is 5.05. The Labute approximate surface area is 98.2 Å². The van der Waals surface area contributed by atoms with Gasteiger partial charge >= 0.3 is 0 Å². The summed E-state index contributed by atoms with van der Waals surface area (Å²) in [6, 6.07) is 4.14. The van der Waals surface area contributed by atoms with Crippen LogP contribution < -0.4 is 5.32 Å². The summed E-state index contributed by atoms with van der Waals surface area (Å²) in [7, 11) is 0. The highest BCUT2D eigenvalue weighted by molar-refractivity contribution is 5.09. The molecule has 3 heteroatoms. The predicted octanol–water partition coefficient (Wildman–Crippen LogP) is 1.68. The largest absolute Gasteiger partial charge is 0.312 e. The number of hydrogen-bond acceptors (Lipinski definition) is 3. The van der Waals surface area contributed by atoms with Gasteiger partial charge in [0.25, 0.3) is 0 Å². The molecule has 0 aliphatic carbocycles. The van der Waals surface area contributed by atoms with Gasteiger partial charge in [0.15, 0.2) is 0 Å². The van der Waals surface area contributed by atoms with Crippen molar-refractivity contribution < 1.29 is 0 Å². The predicted molar refractivity (Wildman–Crippen MR) is 68.3 cm³/mol. The summed E-state index contributed by atoms with van der Waals surface area (Å²) in [5.41, 5.74) is 1.32. The average molecular weight is 219 g/mol. The van der Waals surface area contributed by atoms with E-state index in [1.54, 1.807) is 0 Å². The lowest BCUT2D eigenvalue weighted by molar-refractivity contribution is 0.280. The maximum absolute atomic E-state index is 4.02. The van der Waals surface area contributed by atoms with Gasteiger partial charge < -0.3 is 5.32 Å². The summed E-state index contributed by atoms with van der Waals surface area (Å²) in [4.78, 5) is 6.43. The van der Waals surface area contributed by atoms with Crippen molar-refractivity contribution in [3.8, 4) is 0 Å². The molecule has 0 amide bonds. The summed E-state index contributed by atoms with van der Waals surface area (Å²) < 4.78 is 0. The number of likely N-dealkylation sites (N-methyl/N-ethyl adjacent to an activating group) is 1. The Morgan fingerprint density at radius 2 is 2.19 bits per heavy atom. The summed E-state index contributed by atoms with van der Waals surface area (Å²) >= 11 is 0. The molecule has 1 N–H and O–H groups in total. The first-order chi connectivity index (χ1) is 7.86. The molecule has 0 radical (unpaired) electrons. The van der Waals surface area contributed by atoms with Crippen LogP contribution in [0.25, 0.3) is 0 Å². The van der Waals surface area contributed by atoms with E-state index < -0.39 is 0 Å². The smallest absolute Gasteiger partial charge is 0.0271 e. The summed E-state index contributed by atoms with van der Waals surface area (Å²) in [5, 5.41) is 3.31. The number of rotatable bonds is 8. The molecule has 0 fully saturated rings. The van der Waals surface area contributed by atoms with Gasteiger partial charge in [0, 0.05) is 38.6 Å². The second kappa shape index (κ2) is 8.02. The van der Waals surface area contributed by atoms with Crippen molar-refractivity contribution in [1.82, 2.24) is 15.2 Å². The molecule has 0 spiro atoms. The Morgan fingerprint density at radius 1 is 1.44 bits per heavy atom. The van der Waals surface area contributed by atoms with Gasteiger partial charge in [-0.25, -0.2) is 0 Å². The molecule has 0 saturated carbocycles. The maximum Gasteiger partial charge on any atom is 0.0271 e. The fourth-order valence-electron chi connectivity index (χ4n) is 1.54. The Hall–Kier alpha value is -1.19. The van der Waals surface area contributed by atoms with Crippen molar-refractivity contribution in [2.75, 3.05) is 26.2 Å². The second-order valence-electron chi connectivity index (χ2n) is 3.72. The Bertz CT molecular complexity index is 284. The third-order valence-corrected chi connectivity index (χ3v) is 2.50. The van der Waals surface area contributed by atoms with Crippen molar-refractivity contribution in [3.05, 3.63) is 42.7 Å². The number of hydrogen-bond donors (Lipinski definition) is 1. The van der Waals surface area contributed by atoms with Gasteiger partial charge in [-0.15, -0.1) is 6.58 Å². The van der Waals surface area contributed by atoms with Crippen molar-refractivity contribution in [2.45, 2.75) is 13.5 Å². The minimum absolute atomic E-state index is 0.882. The van der Waals surface area contributed by atoms with Crippen LogP contribution in [0.1, 0.15) is 12.5 Å². The first-order valence-electron chi connectivity index (χ1n) is 5.79. The molecule has 0 bridgehead atoms. The molecule has 0 aliphatic heterocycles. The van der Waals surface area contributed by atoms with Crippen molar-refractivity contribution in [1.29, 1.82) is 0 Å². The fourth-order valence-corrected chi connectivity index (χ4v) is 1.54. The van der Waals surface area contributed by atoms with E-state index in [-0.39, 0.29) is 0 Å². The first kappa shape index (κ1) is 12.9. The van der Waals surface area contributed by atoms with E-state index in [2.05, 4.69) is 40.8 Å². The van der Waals surface area contributed by atoms with E-state index in [9.17, 15) is 0 Å². The van der Waals surface area contributed by atoms with Gasteiger partial charge in [-0.1, -0.05) is 13.0 Å². The maximum atomic E-state index is 4.02. The first-order valence-corrected chi connectivity index (χ1v) is 5.79. The highest BCUT2D eigenvalue weighted by Crippen LogP contribution is 2.01. The molecule has 0 aliphatic rings. The SMILES string of the molecule is C=CCNCCN(CC)Cc1ccncc1. The van der Waals surface area contributed by atoms with Crippen LogP contribution >= 0.6 is 0 Å². The summed E-state index contributed by atoms with van der Waals surface area (Å²) in [5.74, 6) is 0. The second-order valence-corrected chi connectivity index (χ2v) is 3.72. The highest BCUT2D eigenvalue weighted by Gasteiger charge is 2.02. The monoisotopic (exact) mass is 219 g/mol. The zero-order chi connectivity index (χ0) is 11.6. The average Bonchev–Trinajstić information content (AvgIpc) is 2.34. The van der Waals surface area contributed by atoms with Gasteiger partial charge in [-0.2, -0.15) is 0 Å². The van der Waals surface area contributed by atoms with Gasteiger partial charge in [0.05, 0.1) is 0 Å². The lowest BCUT2D eigenvalue weighted by Crippen LogP contribution is -2.31. The van der Waals surface area contributed by atoms with Crippen LogP contribution in [-0.4, -0.2) is 36.1 Å². The summed E-state index contributed by atoms with van der Waals surface area (Å²) in [6.07, 6.45) is 5.58. The summed E-state index contributed by atoms with van der Waals surface area (Å²) in [6.45, 7) is 10.9. The van der Waals surface area contributed by atoms with Crippen molar-refractivity contribution in [3.63, 3.8) is 0 Å². The number of nitrogens with zero attached hydrogens (tertiary/aromatic N) is 2. The lowest BCUT2D eigenvalue weighted by Gasteiger charge is -2.20. The van der Waals surface area contributed by atoms with Crippen LogP contribution in [0.5, 0.6) is 0 Å². The molecule has 16 heavy (non-hydrogen) atoms. The molecular formula is C13H21N3. The minimum atomic E-state index is 0.882. The molecule has 0 atom stereocenters. The Kier molecular flexibility index (Phi) is 6.45. The van der Waals surface area contributed by atoms with Gasteiger partial charge in [-0.3, -0.25) is 9.88 Å². The van der Waals surface area contributed by atoms with Crippen molar-refractivity contribution >= 4 is 0 Å². The van der Waals surface area contributed by atoms with Crippen LogP contribution in [0.4, 0.5) is 0 Å². The van der Waals surface area contributed by atoms with Crippen LogP contribution in [0, 0.1) is 0 Å². The normalized spacial score (nSPS) is 10.6. The standard InChI is InChI=1S/C13H21N3/c1-3-7-14-10-11-16(4-2)12-13-5-8-15-9-6-13/h3,5-6,8-9,14H,1,4,7,10-12H2,2H3. The van der Waals surface area contributed by atoms with E-state index in [4.69, 9.17) is 0 Å². The van der Waals surface area contributed by atoms with Gasteiger partial charge in [0.2, 0.25) is 0 Å².